The Morgan fingerprint density at radius 2 is 1.83 bits per heavy atom. The molecule has 0 saturated heterocycles. The number of pyridine rings is 1. The Hall–Kier alpha value is -3.28. The molecule has 0 aliphatic rings. The van der Waals surface area contributed by atoms with E-state index in [9.17, 15) is 0 Å². The van der Waals surface area contributed by atoms with Gasteiger partial charge in [-0.15, -0.1) is 0 Å². The van der Waals surface area contributed by atoms with Gasteiger partial charge in [-0.1, -0.05) is 30.3 Å². The molecule has 0 aliphatic heterocycles. The standard InChI is InChI=1S/C17H14N6/c1-23-14-7-8-19-9-13(14)22-17(23)15-16(18)20-10-12(21-15)11-5-3-2-4-6-11/h2-10H,1H3,(H2,18,20). The zero-order chi connectivity index (χ0) is 15.8. The molecule has 0 bridgehead atoms. The van der Waals surface area contributed by atoms with E-state index < -0.39 is 0 Å². The van der Waals surface area contributed by atoms with Crippen LogP contribution in [0.5, 0.6) is 0 Å². The zero-order valence-electron chi connectivity index (χ0n) is 12.5. The Morgan fingerprint density at radius 1 is 1.00 bits per heavy atom. The first-order valence-electron chi connectivity index (χ1n) is 7.19. The Morgan fingerprint density at radius 3 is 2.61 bits per heavy atom. The fraction of sp³-hybridized carbons (Fsp3) is 0.0588. The van der Waals surface area contributed by atoms with E-state index in [0.29, 0.717) is 17.3 Å². The van der Waals surface area contributed by atoms with Crippen molar-refractivity contribution in [2.45, 2.75) is 0 Å². The largest absolute Gasteiger partial charge is 0.382 e. The van der Waals surface area contributed by atoms with Crippen LogP contribution in [0.4, 0.5) is 5.82 Å². The first-order chi connectivity index (χ1) is 11.2. The van der Waals surface area contributed by atoms with Crippen LogP contribution in [0.15, 0.2) is 55.0 Å². The first kappa shape index (κ1) is 13.4. The Balaban J connectivity index is 1.92. The molecule has 0 fully saturated rings. The summed E-state index contributed by atoms with van der Waals surface area (Å²) < 4.78 is 1.95. The van der Waals surface area contributed by atoms with Crippen LogP contribution < -0.4 is 5.73 Å². The number of benzene rings is 1. The molecule has 0 unspecified atom stereocenters. The maximum atomic E-state index is 6.05. The minimum absolute atomic E-state index is 0.357. The number of imidazole rings is 1. The number of anilines is 1. The molecule has 23 heavy (non-hydrogen) atoms. The molecule has 6 heteroatoms. The molecule has 0 atom stereocenters. The van der Waals surface area contributed by atoms with Crippen LogP contribution in [0.25, 0.3) is 33.8 Å². The maximum absolute atomic E-state index is 6.05. The van der Waals surface area contributed by atoms with Gasteiger partial charge in [0, 0.05) is 18.8 Å². The smallest absolute Gasteiger partial charge is 0.163 e. The second-order valence-corrected chi connectivity index (χ2v) is 5.21. The van der Waals surface area contributed by atoms with Crippen molar-refractivity contribution in [3.05, 3.63) is 55.0 Å². The molecular weight excluding hydrogens is 288 g/mol. The van der Waals surface area contributed by atoms with Crippen LogP contribution in [0.2, 0.25) is 0 Å². The molecule has 112 valence electrons. The van der Waals surface area contributed by atoms with E-state index >= 15 is 0 Å². The lowest BCUT2D eigenvalue weighted by Crippen LogP contribution is -2.02. The van der Waals surface area contributed by atoms with Crippen molar-refractivity contribution in [1.82, 2.24) is 24.5 Å². The van der Waals surface area contributed by atoms with E-state index in [4.69, 9.17) is 5.73 Å². The summed E-state index contributed by atoms with van der Waals surface area (Å²) in [6, 6.07) is 11.8. The first-order valence-corrected chi connectivity index (χ1v) is 7.19. The molecule has 0 amide bonds. The molecule has 0 aliphatic carbocycles. The molecule has 0 radical (unpaired) electrons. The monoisotopic (exact) mass is 302 g/mol. The summed E-state index contributed by atoms with van der Waals surface area (Å²) in [5, 5.41) is 0. The Labute approximate surface area is 132 Å². The highest BCUT2D eigenvalue weighted by atomic mass is 15.1. The van der Waals surface area contributed by atoms with Crippen molar-refractivity contribution in [2.24, 2.45) is 7.05 Å². The van der Waals surface area contributed by atoms with Crippen molar-refractivity contribution in [1.29, 1.82) is 0 Å². The summed E-state index contributed by atoms with van der Waals surface area (Å²) >= 11 is 0. The van der Waals surface area contributed by atoms with Crippen LogP contribution in [-0.2, 0) is 7.05 Å². The van der Waals surface area contributed by atoms with Crippen LogP contribution in [0, 0.1) is 0 Å². The van der Waals surface area contributed by atoms with Gasteiger partial charge in [0.15, 0.2) is 11.6 Å². The van der Waals surface area contributed by atoms with Gasteiger partial charge in [0.25, 0.3) is 0 Å². The summed E-state index contributed by atoms with van der Waals surface area (Å²) in [4.78, 5) is 17.7. The molecule has 6 nitrogen and oxygen atoms in total. The molecule has 1 aromatic carbocycles. The third kappa shape index (κ3) is 2.20. The maximum Gasteiger partial charge on any atom is 0.163 e. The van der Waals surface area contributed by atoms with Gasteiger partial charge in [-0.25, -0.2) is 15.0 Å². The van der Waals surface area contributed by atoms with Crippen molar-refractivity contribution in [2.75, 3.05) is 5.73 Å². The van der Waals surface area contributed by atoms with Gasteiger partial charge in [-0.3, -0.25) is 4.98 Å². The van der Waals surface area contributed by atoms with Crippen molar-refractivity contribution < 1.29 is 0 Å². The average Bonchev–Trinajstić information content (AvgIpc) is 2.93. The van der Waals surface area contributed by atoms with Gasteiger partial charge in [0.05, 0.1) is 23.6 Å². The highest BCUT2D eigenvalue weighted by Crippen LogP contribution is 2.27. The highest BCUT2D eigenvalue weighted by molar-refractivity contribution is 5.81. The number of aryl methyl sites for hydroxylation is 1. The topological polar surface area (TPSA) is 82.5 Å². The minimum Gasteiger partial charge on any atom is -0.382 e. The van der Waals surface area contributed by atoms with E-state index in [1.807, 2.05) is 48.0 Å². The second kappa shape index (κ2) is 5.17. The van der Waals surface area contributed by atoms with Crippen LogP contribution >= 0.6 is 0 Å². The number of aromatic nitrogens is 5. The Bertz CT molecular complexity index is 991. The zero-order valence-corrected chi connectivity index (χ0v) is 12.5. The predicted molar refractivity (Wildman–Crippen MR) is 89.4 cm³/mol. The van der Waals surface area contributed by atoms with E-state index in [-0.39, 0.29) is 0 Å². The summed E-state index contributed by atoms with van der Waals surface area (Å²) in [5.74, 6) is 1.03. The lowest BCUT2D eigenvalue weighted by atomic mass is 10.1. The number of nitrogens with two attached hydrogens (primary N) is 1. The summed E-state index contributed by atoms with van der Waals surface area (Å²) in [5.41, 5.74) is 10.1. The highest BCUT2D eigenvalue weighted by Gasteiger charge is 2.16. The van der Waals surface area contributed by atoms with Gasteiger partial charge in [0.1, 0.15) is 11.2 Å². The summed E-state index contributed by atoms with van der Waals surface area (Å²) in [7, 11) is 1.93. The summed E-state index contributed by atoms with van der Waals surface area (Å²) in [6.45, 7) is 0. The van der Waals surface area contributed by atoms with E-state index in [1.54, 1.807) is 18.6 Å². The van der Waals surface area contributed by atoms with Crippen LogP contribution in [-0.4, -0.2) is 24.5 Å². The van der Waals surface area contributed by atoms with Crippen molar-refractivity contribution in [3.8, 4) is 22.8 Å². The molecule has 4 rings (SSSR count). The molecule has 0 saturated carbocycles. The number of hydrogen-bond donors (Lipinski definition) is 1. The molecular formula is C17H14N6. The number of rotatable bonds is 2. The lowest BCUT2D eigenvalue weighted by molar-refractivity contribution is 0.948. The third-order valence-electron chi connectivity index (χ3n) is 3.77. The van der Waals surface area contributed by atoms with E-state index in [1.165, 1.54) is 0 Å². The molecule has 3 aromatic heterocycles. The SMILES string of the molecule is Cn1c(-c2nc(-c3ccccc3)cnc2N)nc2cnccc21. The normalized spacial score (nSPS) is 11.0. The van der Waals surface area contributed by atoms with Gasteiger partial charge >= 0.3 is 0 Å². The van der Waals surface area contributed by atoms with Crippen molar-refractivity contribution >= 4 is 16.9 Å². The lowest BCUT2D eigenvalue weighted by Gasteiger charge is -2.07. The number of fused-ring (bicyclic) bond motifs is 1. The second-order valence-electron chi connectivity index (χ2n) is 5.21. The van der Waals surface area contributed by atoms with Crippen LogP contribution in [0.3, 0.4) is 0 Å². The molecule has 4 aromatic rings. The predicted octanol–water partition coefficient (Wildman–Crippen LogP) is 2.67. The van der Waals surface area contributed by atoms with Gasteiger partial charge in [-0.2, -0.15) is 0 Å². The average molecular weight is 302 g/mol. The van der Waals surface area contributed by atoms with Gasteiger partial charge in [0.2, 0.25) is 0 Å². The quantitative estimate of drug-likeness (QED) is 0.615. The van der Waals surface area contributed by atoms with Gasteiger partial charge < -0.3 is 10.3 Å². The van der Waals surface area contributed by atoms with Crippen LogP contribution in [0.1, 0.15) is 0 Å². The summed E-state index contributed by atoms with van der Waals surface area (Å²) in [6.07, 6.45) is 5.14. The van der Waals surface area contributed by atoms with Crippen molar-refractivity contribution in [3.63, 3.8) is 0 Å². The fourth-order valence-electron chi connectivity index (χ4n) is 2.57. The van der Waals surface area contributed by atoms with Gasteiger partial charge in [-0.05, 0) is 6.07 Å². The third-order valence-corrected chi connectivity index (χ3v) is 3.77. The number of hydrogen-bond acceptors (Lipinski definition) is 5. The fourth-order valence-corrected chi connectivity index (χ4v) is 2.57. The Kier molecular flexibility index (Phi) is 3.01. The number of nitrogen functional groups attached to an aromatic ring is 1. The minimum atomic E-state index is 0.357. The number of nitrogens with zero attached hydrogens (tertiary/aromatic N) is 5. The molecule has 2 N–H and O–H groups in total. The molecule has 3 heterocycles. The van der Waals surface area contributed by atoms with E-state index in [2.05, 4.69) is 19.9 Å². The van der Waals surface area contributed by atoms with E-state index in [0.717, 1.165) is 22.3 Å². The molecule has 0 spiro atoms.